The van der Waals surface area contributed by atoms with Crippen molar-refractivity contribution in [2.75, 3.05) is 39.6 Å². The minimum absolute atomic E-state index is 0.108. The van der Waals surface area contributed by atoms with E-state index in [2.05, 4.69) is 34.6 Å². The van der Waals surface area contributed by atoms with Gasteiger partial charge in [-0.2, -0.15) is 0 Å². The largest absolute Gasteiger partial charge is 0.472 e. The van der Waals surface area contributed by atoms with Crippen LogP contribution in [0.2, 0.25) is 0 Å². The van der Waals surface area contributed by atoms with E-state index in [-0.39, 0.29) is 25.7 Å². The van der Waals surface area contributed by atoms with Crippen LogP contribution in [0.4, 0.5) is 0 Å². The highest BCUT2D eigenvalue weighted by atomic mass is 31.2. The normalized spacial score (nSPS) is 13.7. The maximum Gasteiger partial charge on any atom is 0.472 e. The molecule has 0 bridgehead atoms. The second-order valence-corrected chi connectivity index (χ2v) is 35.4. The van der Waals surface area contributed by atoms with Crippen LogP contribution in [-0.2, 0) is 65.4 Å². The average Bonchev–Trinajstić information content (AvgIpc) is 0.900. The zero-order chi connectivity index (χ0) is 79.0. The molecule has 0 saturated carbocycles. The molecule has 0 aliphatic rings. The molecule has 5 atom stereocenters. The lowest BCUT2D eigenvalue weighted by molar-refractivity contribution is -0.161. The number of ether oxygens (including phenoxy) is 4. The molecular formula is C89H174O17P2. The van der Waals surface area contributed by atoms with Gasteiger partial charge in [0.1, 0.15) is 19.3 Å². The van der Waals surface area contributed by atoms with Crippen molar-refractivity contribution in [1.29, 1.82) is 0 Å². The fourth-order valence-corrected chi connectivity index (χ4v) is 15.6. The van der Waals surface area contributed by atoms with E-state index in [0.717, 1.165) is 102 Å². The third-order valence-corrected chi connectivity index (χ3v) is 22.9. The lowest BCUT2D eigenvalue weighted by atomic mass is 10.0. The first-order valence-electron chi connectivity index (χ1n) is 46.1. The van der Waals surface area contributed by atoms with Gasteiger partial charge in [0.2, 0.25) is 0 Å². The lowest BCUT2D eigenvalue weighted by Crippen LogP contribution is -2.30. The molecule has 0 aromatic rings. The van der Waals surface area contributed by atoms with Gasteiger partial charge < -0.3 is 33.8 Å². The second kappa shape index (κ2) is 81.6. The van der Waals surface area contributed by atoms with Crippen LogP contribution in [-0.4, -0.2) is 96.7 Å². The summed E-state index contributed by atoms with van der Waals surface area (Å²) in [5.74, 6) is -1.29. The summed E-state index contributed by atoms with van der Waals surface area (Å²) in [7, 11) is -9.92. The predicted molar refractivity (Wildman–Crippen MR) is 446 cm³/mol. The van der Waals surface area contributed by atoms with Crippen LogP contribution in [0.15, 0.2) is 0 Å². The molecule has 0 aliphatic carbocycles. The Morgan fingerprint density at radius 1 is 0.250 bits per heavy atom. The van der Waals surface area contributed by atoms with Gasteiger partial charge in [-0.25, -0.2) is 9.13 Å². The van der Waals surface area contributed by atoms with E-state index >= 15 is 0 Å². The fourth-order valence-electron chi connectivity index (χ4n) is 14.0. The van der Waals surface area contributed by atoms with Crippen molar-refractivity contribution in [2.45, 2.75) is 502 Å². The quantitative estimate of drug-likeness (QED) is 0.0222. The van der Waals surface area contributed by atoms with Crippen LogP contribution in [0.3, 0.4) is 0 Å². The first-order chi connectivity index (χ1) is 52.5. The van der Waals surface area contributed by atoms with E-state index < -0.39 is 97.5 Å². The summed E-state index contributed by atoms with van der Waals surface area (Å²) in [5, 5.41) is 10.7. The van der Waals surface area contributed by atoms with Crippen molar-refractivity contribution in [2.24, 2.45) is 5.92 Å². The highest BCUT2D eigenvalue weighted by Crippen LogP contribution is 2.45. The number of esters is 4. The smallest absolute Gasteiger partial charge is 0.462 e. The van der Waals surface area contributed by atoms with Gasteiger partial charge >= 0.3 is 39.5 Å². The molecule has 0 saturated heterocycles. The Morgan fingerprint density at radius 3 is 0.630 bits per heavy atom. The number of unbranched alkanes of at least 4 members (excludes halogenated alkanes) is 61. The molecule has 17 nitrogen and oxygen atoms in total. The molecule has 0 fully saturated rings. The summed E-state index contributed by atoms with van der Waals surface area (Å²) in [5.41, 5.74) is 0. The van der Waals surface area contributed by atoms with Gasteiger partial charge in [-0.3, -0.25) is 37.3 Å². The molecule has 0 spiro atoms. The van der Waals surface area contributed by atoms with Gasteiger partial charge in [-0.15, -0.1) is 0 Å². The van der Waals surface area contributed by atoms with Crippen molar-refractivity contribution in [3.05, 3.63) is 0 Å². The van der Waals surface area contributed by atoms with E-state index in [0.29, 0.717) is 25.7 Å². The van der Waals surface area contributed by atoms with E-state index in [9.17, 15) is 43.2 Å². The summed E-state index contributed by atoms with van der Waals surface area (Å²) in [6.45, 7) is 7.32. The molecule has 2 unspecified atom stereocenters. The number of hydrogen-bond donors (Lipinski definition) is 3. The Kier molecular flexibility index (Phi) is 80.2. The zero-order valence-corrected chi connectivity index (χ0v) is 72.8. The first kappa shape index (κ1) is 106. The summed E-state index contributed by atoms with van der Waals surface area (Å²) in [6, 6.07) is 0. The van der Waals surface area contributed by atoms with E-state index in [1.807, 2.05) is 0 Å². The van der Waals surface area contributed by atoms with Crippen LogP contribution in [0.25, 0.3) is 0 Å². The van der Waals surface area contributed by atoms with Crippen molar-refractivity contribution in [1.82, 2.24) is 0 Å². The number of aliphatic hydroxyl groups is 1. The minimum Gasteiger partial charge on any atom is -0.462 e. The zero-order valence-electron chi connectivity index (χ0n) is 71.0. The Hall–Kier alpha value is -1.94. The monoisotopic (exact) mass is 1580 g/mol. The molecule has 108 heavy (non-hydrogen) atoms. The molecule has 642 valence electrons. The van der Waals surface area contributed by atoms with Crippen LogP contribution >= 0.6 is 15.6 Å². The van der Waals surface area contributed by atoms with Crippen molar-refractivity contribution >= 4 is 39.5 Å². The van der Waals surface area contributed by atoms with Crippen molar-refractivity contribution in [3.8, 4) is 0 Å². The van der Waals surface area contributed by atoms with Gasteiger partial charge in [-0.05, 0) is 31.6 Å². The average molecular weight is 1580 g/mol. The molecule has 3 N–H and O–H groups in total. The topological polar surface area (TPSA) is 237 Å². The maximum atomic E-state index is 13.1. The standard InChI is InChI=1S/C89H174O17P2/c1-6-9-12-15-17-19-21-23-25-27-29-31-33-38-42-46-50-54-58-63-68-73-87(92)100-79-85(106-89(94)75-70-65-60-56-52-48-44-40-36-35-37-41-45-49-53-57-62-66-71-82(4)5)81-104-108(97,98)102-77-83(90)76-101-107(95,96)103-80-84(78-99-86(91)72-67-61-14-11-8-3)105-88(93)74-69-64-59-55-51-47-43-39-34-32-30-28-26-24-22-20-18-16-13-10-7-2/h82-85,90H,6-81H2,1-5H3,(H,95,96)(H,97,98)/t83-,84+,85+/m0/s1. The van der Waals surface area contributed by atoms with Gasteiger partial charge in [0.15, 0.2) is 12.2 Å². The summed E-state index contributed by atoms with van der Waals surface area (Å²) in [4.78, 5) is 73.0. The van der Waals surface area contributed by atoms with E-state index in [1.165, 1.54) is 302 Å². The highest BCUT2D eigenvalue weighted by Gasteiger charge is 2.30. The Bertz CT molecular complexity index is 2050. The predicted octanol–water partition coefficient (Wildman–Crippen LogP) is 27.5. The molecule has 0 aromatic carbocycles. The summed E-state index contributed by atoms with van der Waals surface area (Å²) in [6.07, 6.45) is 77.1. The minimum atomic E-state index is -4.96. The number of carbonyl (C=O) groups is 4. The first-order valence-corrected chi connectivity index (χ1v) is 49.1. The summed E-state index contributed by atoms with van der Waals surface area (Å²) >= 11 is 0. The number of phosphoric ester groups is 2. The van der Waals surface area contributed by atoms with Crippen LogP contribution in [0.1, 0.15) is 484 Å². The van der Waals surface area contributed by atoms with Crippen molar-refractivity contribution < 1.29 is 80.2 Å². The van der Waals surface area contributed by atoms with E-state index in [4.69, 9.17) is 37.0 Å². The van der Waals surface area contributed by atoms with Crippen LogP contribution in [0, 0.1) is 5.92 Å². The molecule has 19 heteroatoms. The van der Waals surface area contributed by atoms with Gasteiger partial charge in [0.05, 0.1) is 26.4 Å². The Balaban J connectivity index is 5.07. The SMILES string of the molecule is CCCCCCCCCCCCCCCCCCCCCCCC(=O)OC[C@H](COP(=O)(O)OC[C@@H](O)COP(=O)(O)OC[C@@H](COC(=O)CCCCCCC)OC(=O)CCCCCCCCCCCCCCCCCCCCCCC)OC(=O)CCCCCCCCCCCCCCCCCCCCC(C)C. The second-order valence-electron chi connectivity index (χ2n) is 32.5. The van der Waals surface area contributed by atoms with Gasteiger partial charge in [-0.1, -0.05) is 433 Å². The number of hydrogen-bond acceptors (Lipinski definition) is 15. The van der Waals surface area contributed by atoms with Gasteiger partial charge in [0, 0.05) is 25.7 Å². The molecule has 0 aromatic heterocycles. The molecule has 0 rings (SSSR count). The molecule has 0 heterocycles. The molecule has 0 aliphatic heterocycles. The number of rotatable bonds is 89. The lowest BCUT2D eigenvalue weighted by Gasteiger charge is -2.21. The van der Waals surface area contributed by atoms with Gasteiger partial charge in [0.25, 0.3) is 0 Å². The third kappa shape index (κ3) is 82.1. The number of carbonyl (C=O) groups excluding carboxylic acids is 4. The maximum absolute atomic E-state index is 13.1. The molecule has 0 radical (unpaired) electrons. The number of aliphatic hydroxyl groups excluding tert-OH is 1. The van der Waals surface area contributed by atoms with Crippen molar-refractivity contribution in [3.63, 3.8) is 0 Å². The molecule has 0 amide bonds. The van der Waals surface area contributed by atoms with Crippen LogP contribution in [0.5, 0.6) is 0 Å². The number of phosphoric acid groups is 2. The summed E-state index contributed by atoms with van der Waals surface area (Å²) < 4.78 is 68.7. The fraction of sp³-hybridized carbons (Fsp3) is 0.955. The Morgan fingerprint density at radius 2 is 0.426 bits per heavy atom. The Labute approximate surface area is 664 Å². The molecular weight excluding hydrogens is 1400 g/mol. The highest BCUT2D eigenvalue weighted by molar-refractivity contribution is 7.47. The van der Waals surface area contributed by atoms with E-state index in [1.54, 1.807) is 0 Å². The third-order valence-electron chi connectivity index (χ3n) is 21.0. The van der Waals surface area contributed by atoms with Crippen LogP contribution < -0.4 is 0 Å².